The van der Waals surface area contributed by atoms with E-state index in [0.29, 0.717) is 17.7 Å². The van der Waals surface area contributed by atoms with Crippen LogP contribution in [-0.2, 0) is 6.54 Å². The van der Waals surface area contributed by atoms with Crippen molar-refractivity contribution in [3.05, 3.63) is 63.2 Å². The number of aromatic nitrogens is 3. The summed E-state index contributed by atoms with van der Waals surface area (Å²) in [5, 5.41) is 7.81. The largest absolute Gasteiger partial charge is 0.331 e. The molecular weight excluding hydrogens is 340 g/mol. The number of nitrogens with one attached hydrogen (secondary N) is 2. The van der Waals surface area contributed by atoms with Gasteiger partial charge in [0.15, 0.2) is 0 Å². The molecule has 0 saturated heterocycles. The number of nitrogens with zero attached hydrogens (tertiary/aromatic N) is 2. The molecule has 2 N–H and O–H groups in total. The number of rotatable bonds is 4. The van der Waals surface area contributed by atoms with Gasteiger partial charge in [0.05, 0.1) is 23.8 Å². The molecule has 1 aliphatic rings. The van der Waals surface area contributed by atoms with E-state index in [-0.39, 0.29) is 17.5 Å². The van der Waals surface area contributed by atoms with Gasteiger partial charge in [-0.15, -0.1) is 0 Å². The van der Waals surface area contributed by atoms with E-state index < -0.39 is 0 Å². The van der Waals surface area contributed by atoms with Gasteiger partial charge in [-0.05, 0) is 50.5 Å². The molecule has 0 spiro atoms. The molecule has 0 unspecified atom stereocenters. The van der Waals surface area contributed by atoms with Gasteiger partial charge >= 0.3 is 0 Å². The monoisotopic (exact) mass is 364 g/mol. The minimum atomic E-state index is -0.107. The first-order valence-corrected chi connectivity index (χ1v) is 9.47. The maximum Gasteiger partial charge on any atom is 0.255 e. The number of amides is 1. The van der Waals surface area contributed by atoms with Gasteiger partial charge in [-0.2, -0.15) is 5.10 Å². The predicted octanol–water partition coefficient (Wildman–Crippen LogP) is 3.45. The second-order valence-electron chi connectivity index (χ2n) is 7.45. The van der Waals surface area contributed by atoms with Gasteiger partial charge in [0.25, 0.3) is 11.5 Å². The first kappa shape index (κ1) is 17.5. The van der Waals surface area contributed by atoms with Crippen LogP contribution in [0.25, 0.3) is 10.9 Å². The zero-order valence-electron chi connectivity index (χ0n) is 15.7. The average Bonchev–Trinajstić information content (AvgIpc) is 3.32. The molecule has 27 heavy (non-hydrogen) atoms. The van der Waals surface area contributed by atoms with Gasteiger partial charge in [0.2, 0.25) is 0 Å². The number of hydrogen-bond acceptors (Lipinski definition) is 3. The highest BCUT2D eigenvalue weighted by Gasteiger charge is 2.29. The van der Waals surface area contributed by atoms with E-state index in [1.54, 1.807) is 6.20 Å². The molecule has 0 radical (unpaired) electrons. The lowest BCUT2D eigenvalue weighted by Crippen LogP contribution is -2.40. The van der Waals surface area contributed by atoms with Crippen molar-refractivity contribution in [1.29, 1.82) is 0 Å². The number of carbonyl (C=O) groups excluding carboxylic acids is 1. The summed E-state index contributed by atoms with van der Waals surface area (Å²) in [5.41, 5.74) is 3.80. The maximum absolute atomic E-state index is 13.5. The summed E-state index contributed by atoms with van der Waals surface area (Å²) in [6, 6.07) is 7.75. The van der Waals surface area contributed by atoms with Crippen molar-refractivity contribution in [2.24, 2.45) is 0 Å². The van der Waals surface area contributed by atoms with E-state index in [4.69, 9.17) is 0 Å². The molecule has 4 rings (SSSR count). The Morgan fingerprint density at radius 3 is 2.78 bits per heavy atom. The van der Waals surface area contributed by atoms with Crippen LogP contribution in [0.4, 0.5) is 0 Å². The van der Waals surface area contributed by atoms with Gasteiger partial charge < -0.3 is 9.88 Å². The number of H-pyrrole nitrogens is 2. The maximum atomic E-state index is 13.5. The van der Waals surface area contributed by atoms with Crippen LogP contribution >= 0.6 is 0 Å². The van der Waals surface area contributed by atoms with Crippen LogP contribution in [0.5, 0.6) is 0 Å². The normalized spacial score (nSPS) is 14.7. The van der Waals surface area contributed by atoms with Gasteiger partial charge in [0.1, 0.15) is 0 Å². The van der Waals surface area contributed by atoms with Crippen LogP contribution in [0, 0.1) is 13.8 Å². The molecule has 1 aromatic carbocycles. The van der Waals surface area contributed by atoms with Crippen molar-refractivity contribution in [3.63, 3.8) is 0 Å². The average molecular weight is 364 g/mol. The van der Waals surface area contributed by atoms with Crippen molar-refractivity contribution < 1.29 is 4.79 Å². The summed E-state index contributed by atoms with van der Waals surface area (Å²) in [7, 11) is 0. The lowest BCUT2D eigenvalue weighted by Gasteiger charge is -2.29. The summed E-state index contributed by atoms with van der Waals surface area (Å²) < 4.78 is 0. The fourth-order valence-electron chi connectivity index (χ4n) is 4.14. The fourth-order valence-corrected chi connectivity index (χ4v) is 4.14. The Morgan fingerprint density at radius 1 is 1.26 bits per heavy atom. The standard InChI is InChI=1S/C21H24N4O2/c1-13-10-14(2)23-20(26)18(13)12-25(15-6-3-4-7-15)21(27)16-8-5-9-19-17(16)11-22-24-19/h5,8-11,15H,3-4,6-7,12H2,1-2H3,(H,22,24)(H,23,26). The molecule has 1 amide bonds. The van der Waals surface area contributed by atoms with E-state index in [1.165, 1.54) is 0 Å². The number of hydrogen-bond donors (Lipinski definition) is 2. The van der Waals surface area contributed by atoms with E-state index in [1.807, 2.05) is 43.0 Å². The van der Waals surface area contributed by atoms with Crippen LogP contribution in [-0.4, -0.2) is 32.0 Å². The van der Waals surface area contributed by atoms with Crippen LogP contribution in [0.15, 0.2) is 35.3 Å². The highest BCUT2D eigenvalue weighted by atomic mass is 16.2. The summed E-state index contributed by atoms with van der Waals surface area (Å²) in [6.45, 7) is 4.14. The Bertz CT molecular complexity index is 1040. The Balaban J connectivity index is 1.75. The quantitative estimate of drug-likeness (QED) is 0.744. The molecular formula is C21H24N4O2. The molecule has 2 heterocycles. The Morgan fingerprint density at radius 2 is 2.04 bits per heavy atom. The molecule has 1 fully saturated rings. The minimum Gasteiger partial charge on any atom is -0.331 e. The van der Waals surface area contributed by atoms with E-state index >= 15 is 0 Å². The fraction of sp³-hybridized carbons (Fsp3) is 0.381. The summed E-state index contributed by atoms with van der Waals surface area (Å²) in [4.78, 5) is 30.8. The van der Waals surface area contributed by atoms with Crippen molar-refractivity contribution in [3.8, 4) is 0 Å². The van der Waals surface area contributed by atoms with Crippen LogP contribution in [0.3, 0.4) is 0 Å². The number of fused-ring (bicyclic) bond motifs is 1. The van der Waals surface area contributed by atoms with E-state index in [2.05, 4.69) is 15.2 Å². The zero-order chi connectivity index (χ0) is 19.0. The topological polar surface area (TPSA) is 81.8 Å². The molecule has 0 aliphatic heterocycles. The van der Waals surface area contributed by atoms with Crippen molar-refractivity contribution >= 4 is 16.8 Å². The first-order valence-electron chi connectivity index (χ1n) is 9.47. The Labute approximate surface area is 157 Å². The minimum absolute atomic E-state index is 0.0340. The highest BCUT2D eigenvalue weighted by molar-refractivity contribution is 6.06. The summed E-state index contributed by atoms with van der Waals surface area (Å²) >= 11 is 0. The molecule has 1 aliphatic carbocycles. The molecule has 1 saturated carbocycles. The number of carbonyl (C=O) groups is 1. The number of aromatic amines is 2. The lowest BCUT2D eigenvalue weighted by molar-refractivity contribution is 0.0665. The molecule has 0 atom stereocenters. The van der Waals surface area contributed by atoms with Gasteiger partial charge in [-0.3, -0.25) is 14.7 Å². The smallest absolute Gasteiger partial charge is 0.255 e. The third kappa shape index (κ3) is 3.27. The van der Waals surface area contributed by atoms with Gasteiger partial charge in [0, 0.05) is 22.7 Å². The van der Waals surface area contributed by atoms with Crippen LogP contribution in [0.2, 0.25) is 0 Å². The van der Waals surface area contributed by atoms with Crippen molar-refractivity contribution in [2.45, 2.75) is 52.1 Å². The molecule has 2 aromatic heterocycles. The zero-order valence-corrected chi connectivity index (χ0v) is 15.7. The third-order valence-electron chi connectivity index (χ3n) is 5.56. The Hall–Kier alpha value is -2.89. The Kier molecular flexibility index (Phi) is 4.56. The molecule has 6 heteroatoms. The SMILES string of the molecule is Cc1cc(C)c(CN(C(=O)c2cccc3[nH]ncc23)C2CCCC2)c(=O)[nH]1. The van der Waals surface area contributed by atoms with Crippen LogP contribution < -0.4 is 5.56 Å². The molecule has 140 valence electrons. The highest BCUT2D eigenvalue weighted by Crippen LogP contribution is 2.28. The number of benzene rings is 1. The van der Waals surface area contributed by atoms with Crippen LogP contribution in [0.1, 0.15) is 52.9 Å². The first-order chi connectivity index (χ1) is 13.0. The number of aryl methyl sites for hydroxylation is 2. The summed E-state index contributed by atoms with van der Waals surface area (Å²) in [6.07, 6.45) is 5.90. The molecule has 6 nitrogen and oxygen atoms in total. The molecule has 3 aromatic rings. The van der Waals surface area contributed by atoms with Gasteiger partial charge in [-0.25, -0.2) is 0 Å². The second-order valence-corrected chi connectivity index (χ2v) is 7.45. The van der Waals surface area contributed by atoms with E-state index in [0.717, 1.165) is 47.8 Å². The number of pyridine rings is 1. The van der Waals surface area contributed by atoms with Gasteiger partial charge in [-0.1, -0.05) is 18.9 Å². The molecule has 0 bridgehead atoms. The van der Waals surface area contributed by atoms with Crippen molar-refractivity contribution in [2.75, 3.05) is 0 Å². The third-order valence-corrected chi connectivity index (χ3v) is 5.56. The second kappa shape index (κ2) is 7.02. The van der Waals surface area contributed by atoms with E-state index in [9.17, 15) is 9.59 Å². The van der Waals surface area contributed by atoms with Crippen molar-refractivity contribution in [1.82, 2.24) is 20.1 Å². The summed E-state index contributed by atoms with van der Waals surface area (Å²) in [5.74, 6) is -0.0340. The lowest BCUT2D eigenvalue weighted by atomic mass is 10.0. The predicted molar refractivity (Wildman–Crippen MR) is 105 cm³/mol.